The first-order valence-corrected chi connectivity index (χ1v) is 13.5. The highest BCUT2D eigenvalue weighted by Gasteiger charge is 2.53. The summed E-state index contributed by atoms with van der Waals surface area (Å²) in [6.45, 7) is 0. The summed E-state index contributed by atoms with van der Waals surface area (Å²) in [5, 5.41) is 4.19. The molecule has 0 amide bonds. The van der Waals surface area contributed by atoms with Crippen LogP contribution in [-0.4, -0.2) is 24.1 Å². The van der Waals surface area contributed by atoms with E-state index in [9.17, 15) is 9.59 Å². The fraction of sp³-hybridized carbons (Fsp3) is 0.333. The van der Waals surface area contributed by atoms with Gasteiger partial charge < -0.3 is 9.47 Å². The molecule has 4 aromatic carbocycles. The SMILES string of the molecule is O=C(OC1CC2C3CCC(C3)C2CC1OC(=O)c1ccc2ccccc2c1)c1ccc2ccccc2c1. The predicted octanol–water partition coefficient (Wildman–Crippen LogP) is 7.20. The normalized spacial score (nSPS) is 28.2. The number of fused-ring (bicyclic) bond motifs is 7. The van der Waals surface area contributed by atoms with Crippen LogP contribution in [0.25, 0.3) is 21.5 Å². The van der Waals surface area contributed by atoms with Crippen LogP contribution >= 0.6 is 0 Å². The number of carbonyl (C=O) groups is 2. The van der Waals surface area contributed by atoms with Gasteiger partial charge >= 0.3 is 11.9 Å². The largest absolute Gasteiger partial charge is 0.455 e. The fourth-order valence-electron chi connectivity index (χ4n) is 7.40. The van der Waals surface area contributed by atoms with Crippen molar-refractivity contribution in [2.75, 3.05) is 0 Å². The predicted molar refractivity (Wildman–Crippen MR) is 143 cm³/mol. The van der Waals surface area contributed by atoms with Crippen molar-refractivity contribution in [3.8, 4) is 0 Å². The van der Waals surface area contributed by atoms with Crippen molar-refractivity contribution < 1.29 is 19.1 Å². The Morgan fingerprint density at radius 3 is 1.43 bits per heavy atom. The minimum Gasteiger partial charge on any atom is -0.455 e. The first kappa shape index (κ1) is 22.5. The summed E-state index contributed by atoms with van der Waals surface area (Å²) in [6.07, 6.45) is 4.53. The molecule has 0 spiro atoms. The van der Waals surface area contributed by atoms with E-state index in [1.54, 1.807) is 0 Å². The van der Waals surface area contributed by atoms with Crippen LogP contribution in [0, 0.1) is 23.7 Å². The van der Waals surface area contributed by atoms with Gasteiger partial charge in [-0.3, -0.25) is 0 Å². The molecule has 4 heteroatoms. The molecule has 0 heterocycles. The van der Waals surface area contributed by atoms with Crippen LogP contribution in [0.5, 0.6) is 0 Å². The number of carbonyl (C=O) groups excluding carboxylic acids is 2. The molecule has 4 nitrogen and oxygen atoms in total. The topological polar surface area (TPSA) is 52.6 Å². The third kappa shape index (κ3) is 4.09. The van der Waals surface area contributed by atoms with Crippen LogP contribution in [0.15, 0.2) is 84.9 Å². The zero-order chi connectivity index (χ0) is 24.9. The average Bonchev–Trinajstić information content (AvgIpc) is 3.55. The van der Waals surface area contributed by atoms with E-state index in [2.05, 4.69) is 0 Å². The molecule has 37 heavy (non-hydrogen) atoms. The number of hydrogen-bond acceptors (Lipinski definition) is 4. The zero-order valence-electron chi connectivity index (χ0n) is 20.7. The Hall–Kier alpha value is -3.66. The lowest BCUT2D eigenvalue weighted by molar-refractivity contribution is -0.0822. The van der Waals surface area contributed by atoms with Gasteiger partial charge in [0, 0.05) is 0 Å². The lowest BCUT2D eigenvalue weighted by Crippen LogP contribution is -2.45. The molecule has 3 aliphatic rings. The molecular weight excluding hydrogens is 460 g/mol. The monoisotopic (exact) mass is 490 g/mol. The second-order valence-electron chi connectivity index (χ2n) is 11.1. The Bertz CT molecular complexity index is 1390. The maximum Gasteiger partial charge on any atom is 0.338 e. The van der Waals surface area contributed by atoms with Crippen LogP contribution < -0.4 is 0 Å². The van der Waals surface area contributed by atoms with Crippen LogP contribution in [-0.2, 0) is 9.47 Å². The highest BCUT2D eigenvalue weighted by atomic mass is 16.6. The van der Waals surface area contributed by atoms with Gasteiger partial charge in [-0.15, -0.1) is 0 Å². The average molecular weight is 491 g/mol. The Labute approximate surface area is 216 Å². The van der Waals surface area contributed by atoms with E-state index in [0.717, 1.165) is 34.4 Å². The van der Waals surface area contributed by atoms with Crippen molar-refractivity contribution in [3.05, 3.63) is 96.1 Å². The minimum atomic E-state index is -0.427. The van der Waals surface area contributed by atoms with E-state index >= 15 is 0 Å². The molecule has 6 atom stereocenters. The number of benzene rings is 4. The van der Waals surface area contributed by atoms with Crippen molar-refractivity contribution in [1.82, 2.24) is 0 Å². The molecule has 7 rings (SSSR count). The maximum absolute atomic E-state index is 13.3. The van der Waals surface area contributed by atoms with Gasteiger partial charge in [-0.05, 0) is 102 Å². The first-order chi connectivity index (χ1) is 18.1. The van der Waals surface area contributed by atoms with Gasteiger partial charge in [0.1, 0.15) is 12.2 Å². The third-order valence-electron chi connectivity index (χ3n) is 9.19. The van der Waals surface area contributed by atoms with E-state index < -0.39 is 12.2 Å². The van der Waals surface area contributed by atoms with Crippen molar-refractivity contribution in [2.45, 2.75) is 44.3 Å². The minimum absolute atomic E-state index is 0.343. The van der Waals surface area contributed by atoms with E-state index in [1.165, 1.54) is 19.3 Å². The van der Waals surface area contributed by atoms with Crippen molar-refractivity contribution >= 4 is 33.5 Å². The molecule has 0 radical (unpaired) electrons. The van der Waals surface area contributed by atoms with Crippen LogP contribution in [0.2, 0.25) is 0 Å². The van der Waals surface area contributed by atoms with Gasteiger partial charge in [-0.2, -0.15) is 0 Å². The Morgan fingerprint density at radius 1 is 0.541 bits per heavy atom. The maximum atomic E-state index is 13.3. The summed E-state index contributed by atoms with van der Waals surface area (Å²) in [6, 6.07) is 27.3. The quantitative estimate of drug-likeness (QED) is 0.284. The lowest BCUT2D eigenvalue weighted by Gasteiger charge is -2.42. The van der Waals surface area contributed by atoms with E-state index in [0.29, 0.717) is 34.8 Å². The molecule has 3 fully saturated rings. The van der Waals surface area contributed by atoms with Gasteiger partial charge in [0.2, 0.25) is 0 Å². The molecule has 2 bridgehead atoms. The highest BCUT2D eigenvalue weighted by molar-refractivity contribution is 5.96. The van der Waals surface area contributed by atoms with Crippen molar-refractivity contribution in [2.24, 2.45) is 23.7 Å². The Balaban J connectivity index is 1.14. The molecule has 3 saturated carbocycles. The number of ether oxygens (including phenoxy) is 2. The molecule has 3 aliphatic carbocycles. The Morgan fingerprint density at radius 2 is 0.973 bits per heavy atom. The molecule has 0 aliphatic heterocycles. The van der Waals surface area contributed by atoms with Gasteiger partial charge in [-0.25, -0.2) is 9.59 Å². The highest BCUT2D eigenvalue weighted by Crippen LogP contribution is 2.58. The third-order valence-corrected chi connectivity index (χ3v) is 9.19. The summed E-state index contributed by atoms with van der Waals surface area (Å²) >= 11 is 0. The van der Waals surface area contributed by atoms with Gasteiger partial charge in [0.05, 0.1) is 11.1 Å². The number of rotatable bonds is 4. The summed E-state index contributed by atoms with van der Waals surface area (Å²) < 4.78 is 12.3. The summed E-state index contributed by atoms with van der Waals surface area (Å²) in [5.74, 6) is 1.86. The molecule has 0 saturated heterocycles. The van der Waals surface area contributed by atoms with Crippen LogP contribution in [0.3, 0.4) is 0 Å². The van der Waals surface area contributed by atoms with Crippen LogP contribution in [0.4, 0.5) is 0 Å². The molecular formula is C33H30O4. The second kappa shape index (κ2) is 9.02. The van der Waals surface area contributed by atoms with E-state index in [1.807, 2.05) is 84.9 Å². The molecule has 0 N–H and O–H groups in total. The molecule has 6 unspecified atom stereocenters. The van der Waals surface area contributed by atoms with Crippen molar-refractivity contribution in [1.29, 1.82) is 0 Å². The first-order valence-electron chi connectivity index (χ1n) is 13.5. The molecule has 4 aromatic rings. The summed E-state index contributed by atoms with van der Waals surface area (Å²) in [7, 11) is 0. The zero-order valence-corrected chi connectivity index (χ0v) is 20.7. The van der Waals surface area contributed by atoms with Gasteiger partial charge in [0.15, 0.2) is 0 Å². The van der Waals surface area contributed by atoms with E-state index in [4.69, 9.17) is 9.47 Å². The molecule has 0 aromatic heterocycles. The standard InChI is InChI=1S/C33H30O4/c34-32(26-13-9-20-5-1-3-7-22(20)15-26)36-30-18-28-24-11-12-25(17-24)29(28)19-31(30)37-33(35)27-14-10-21-6-2-4-8-23(21)16-27/h1-10,13-16,24-25,28-31H,11-12,17-19H2. The fourth-order valence-corrected chi connectivity index (χ4v) is 7.40. The lowest BCUT2D eigenvalue weighted by atomic mass is 9.69. The number of esters is 2. The molecule has 186 valence electrons. The summed E-state index contributed by atoms with van der Waals surface area (Å²) in [5.41, 5.74) is 1.07. The summed E-state index contributed by atoms with van der Waals surface area (Å²) in [4.78, 5) is 26.6. The van der Waals surface area contributed by atoms with E-state index in [-0.39, 0.29) is 11.9 Å². The second-order valence-corrected chi connectivity index (χ2v) is 11.1. The van der Waals surface area contributed by atoms with Crippen molar-refractivity contribution in [3.63, 3.8) is 0 Å². The smallest absolute Gasteiger partial charge is 0.338 e. The van der Waals surface area contributed by atoms with Gasteiger partial charge in [-0.1, -0.05) is 60.7 Å². The van der Waals surface area contributed by atoms with Crippen LogP contribution in [0.1, 0.15) is 52.8 Å². The Kier molecular flexibility index (Phi) is 5.49. The number of hydrogen-bond donors (Lipinski definition) is 0. The van der Waals surface area contributed by atoms with Gasteiger partial charge in [0.25, 0.3) is 0 Å².